The van der Waals surface area contributed by atoms with Gasteiger partial charge in [-0.15, -0.1) is 0 Å². The Balaban J connectivity index is 1.99. The van der Waals surface area contributed by atoms with Gasteiger partial charge < -0.3 is 10.2 Å². The normalized spacial score (nSPS) is 27.4. The Hall–Kier alpha value is -0.610. The average molecular weight is 295 g/mol. The molecule has 0 spiro atoms. The van der Waals surface area contributed by atoms with Gasteiger partial charge in [0.05, 0.1) is 6.04 Å². The molecule has 4 nitrogen and oxygen atoms in total. The van der Waals surface area contributed by atoms with Crippen molar-refractivity contribution in [3.63, 3.8) is 0 Å². The second kappa shape index (κ2) is 8.14. The molecule has 1 N–H and O–H groups in total. The molecule has 2 rings (SSSR count). The number of piperidine rings is 2. The Labute approximate surface area is 130 Å². The Kier molecular flexibility index (Phi) is 6.49. The molecule has 2 aliphatic rings. The van der Waals surface area contributed by atoms with Crippen LogP contribution in [-0.4, -0.2) is 60.0 Å². The first-order chi connectivity index (χ1) is 10.1. The maximum Gasteiger partial charge on any atom is 0.239 e. The molecule has 2 saturated heterocycles. The van der Waals surface area contributed by atoms with Crippen molar-refractivity contribution in [1.82, 2.24) is 15.1 Å². The SMILES string of the molecule is CCNC(C)C1CCCCN1C(C)C(=O)N1CCCCC1. The monoisotopic (exact) mass is 295 g/mol. The molecule has 0 aromatic heterocycles. The number of nitrogens with one attached hydrogen (secondary N) is 1. The highest BCUT2D eigenvalue weighted by Crippen LogP contribution is 2.24. The molecule has 0 aromatic carbocycles. The quantitative estimate of drug-likeness (QED) is 0.845. The lowest BCUT2D eigenvalue weighted by Crippen LogP contribution is -2.58. The van der Waals surface area contributed by atoms with E-state index in [2.05, 4.69) is 35.9 Å². The second-order valence-corrected chi connectivity index (χ2v) is 6.71. The summed E-state index contributed by atoms with van der Waals surface area (Å²) in [5.41, 5.74) is 0. The maximum absolute atomic E-state index is 12.8. The maximum atomic E-state index is 12.8. The summed E-state index contributed by atoms with van der Waals surface area (Å²) >= 11 is 0. The van der Waals surface area contributed by atoms with Gasteiger partial charge in [-0.2, -0.15) is 0 Å². The lowest BCUT2D eigenvalue weighted by atomic mass is 9.94. The highest BCUT2D eigenvalue weighted by atomic mass is 16.2. The van der Waals surface area contributed by atoms with Crippen LogP contribution in [0.5, 0.6) is 0 Å². The van der Waals surface area contributed by atoms with Crippen molar-refractivity contribution >= 4 is 5.91 Å². The van der Waals surface area contributed by atoms with Crippen LogP contribution in [0.25, 0.3) is 0 Å². The van der Waals surface area contributed by atoms with Gasteiger partial charge in [-0.05, 0) is 59.0 Å². The Morgan fingerprint density at radius 1 is 1.10 bits per heavy atom. The molecular formula is C17H33N3O. The molecule has 0 radical (unpaired) electrons. The molecular weight excluding hydrogens is 262 g/mol. The molecule has 1 amide bonds. The fraction of sp³-hybridized carbons (Fsp3) is 0.941. The van der Waals surface area contributed by atoms with Gasteiger partial charge in [-0.3, -0.25) is 9.69 Å². The van der Waals surface area contributed by atoms with Crippen LogP contribution in [0.15, 0.2) is 0 Å². The topological polar surface area (TPSA) is 35.6 Å². The zero-order chi connectivity index (χ0) is 15.2. The first-order valence-corrected chi connectivity index (χ1v) is 8.93. The van der Waals surface area contributed by atoms with Crippen LogP contribution in [0.1, 0.15) is 59.3 Å². The number of likely N-dealkylation sites (tertiary alicyclic amines) is 2. The van der Waals surface area contributed by atoms with E-state index in [-0.39, 0.29) is 6.04 Å². The summed E-state index contributed by atoms with van der Waals surface area (Å²) < 4.78 is 0. The fourth-order valence-electron chi connectivity index (χ4n) is 3.98. The molecule has 3 atom stereocenters. The van der Waals surface area contributed by atoms with Gasteiger partial charge in [0.2, 0.25) is 5.91 Å². The number of hydrogen-bond donors (Lipinski definition) is 1. The van der Waals surface area contributed by atoms with Crippen LogP contribution >= 0.6 is 0 Å². The van der Waals surface area contributed by atoms with E-state index in [4.69, 9.17) is 0 Å². The molecule has 122 valence electrons. The van der Waals surface area contributed by atoms with Gasteiger partial charge >= 0.3 is 0 Å². The molecule has 0 aromatic rings. The number of carbonyl (C=O) groups is 1. The average Bonchev–Trinajstić information content (AvgIpc) is 2.54. The highest BCUT2D eigenvalue weighted by Gasteiger charge is 2.35. The highest BCUT2D eigenvalue weighted by molar-refractivity contribution is 5.81. The van der Waals surface area contributed by atoms with E-state index in [1.165, 1.54) is 38.5 Å². The number of hydrogen-bond acceptors (Lipinski definition) is 3. The third kappa shape index (κ3) is 4.19. The largest absolute Gasteiger partial charge is 0.341 e. The predicted octanol–water partition coefficient (Wildman–Crippen LogP) is 2.24. The van der Waals surface area contributed by atoms with Gasteiger partial charge in [-0.1, -0.05) is 13.3 Å². The van der Waals surface area contributed by atoms with E-state index in [0.29, 0.717) is 18.0 Å². The zero-order valence-corrected chi connectivity index (χ0v) is 14.1. The number of nitrogens with zero attached hydrogens (tertiary/aromatic N) is 2. The van der Waals surface area contributed by atoms with Crippen molar-refractivity contribution in [2.75, 3.05) is 26.2 Å². The van der Waals surface area contributed by atoms with Crippen LogP contribution in [-0.2, 0) is 4.79 Å². The van der Waals surface area contributed by atoms with Crippen molar-refractivity contribution in [3.05, 3.63) is 0 Å². The molecule has 0 bridgehead atoms. The molecule has 3 unspecified atom stereocenters. The van der Waals surface area contributed by atoms with Crippen LogP contribution in [0.4, 0.5) is 0 Å². The Morgan fingerprint density at radius 3 is 2.43 bits per heavy atom. The summed E-state index contributed by atoms with van der Waals surface area (Å²) in [6.45, 7) is 10.5. The van der Waals surface area contributed by atoms with Crippen LogP contribution in [0.2, 0.25) is 0 Å². The summed E-state index contributed by atoms with van der Waals surface area (Å²) in [5, 5.41) is 3.55. The third-order valence-electron chi connectivity index (χ3n) is 5.22. The van der Waals surface area contributed by atoms with Gasteiger partial charge in [0.25, 0.3) is 0 Å². The molecule has 21 heavy (non-hydrogen) atoms. The second-order valence-electron chi connectivity index (χ2n) is 6.71. The number of carbonyl (C=O) groups excluding carboxylic acids is 1. The minimum absolute atomic E-state index is 0.0366. The van der Waals surface area contributed by atoms with E-state index in [0.717, 1.165) is 26.2 Å². The van der Waals surface area contributed by atoms with Crippen LogP contribution in [0, 0.1) is 0 Å². The lowest BCUT2D eigenvalue weighted by Gasteiger charge is -2.44. The predicted molar refractivity (Wildman–Crippen MR) is 87.4 cm³/mol. The van der Waals surface area contributed by atoms with Crippen LogP contribution in [0.3, 0.4) is 0 Å². The van der Waals surface area contributed by atoms with E-state index in [1.54, 1.807) is 0 Å². The minimum Gasteiger partial charge on any atom is -0.341 e. The summed E-state index contributed by atoms with van der Waals surface area (Å²) in [6.07, 6.45) is 7.37. The van der Waals surface area contributed by atoms with E-state index >= 15 is 0 Å². The van der Waals surface area contributed by atoms with Gasteiger partial charge in [0.1, 0.15) is 0 Å². The number of rotatable bonds is 5. The first kappa shape index (κ1) is 16.8. The molecule has 2 heterocycles. The standard InChI is InChI=1S/C17H33N3O/c1-4-18-14(2)16-10-6-9-13-20(16)15(3)17(21)19-11-7-5-8-12-19/h14-16,18H,4-13H2,1-3H3. The van der Waals surface area contributed by atoms with E-state index in [9.17, 15) is 4.79 Å². The van der Waals surface area contributed by atoms with E-state index in [1.807, 2.05) is 0 Å². The summed E-state index contributed by atoms with van der Waals surface area (Å²) in [5.74, 6) is 0.352. The summed E-state index contributed by atoms with van der Waals surface area (Å²) in [7, 11) is 0. The molecule has 2 aliphatic heterocycles. The Bertz CT molecular complexity index is 328. The first-order valence-electron chi connectivity index (χ1n) is 8.93. The molecule has 4 heteroatoms. The third-order valence-corrected chi connectivity index (χ3v) is 5.22. The number of amides is 1. The number of likely N-dealkylation sites (N-methyl/N-ethyl adjacent to an activating group) is 1. The zero-order valence-electron chi connectivity index (χ0n) is 14.1. The van der Waals surface area contributed by atoms with Crippen molar-refractivity contribution < 1.29 is 4.79 Å². The molecule has 0 aliphatic carbocycles. The van der Waals surface area contributed by atoms with Gasteiger partial charge in [0, 0.05) is 25.2 Å². The lowest BCUT2D eigenvalue weighted by molar-refractivity contribution is -0.139. The van der Waals surface area contributed by atoms with Gasteiger partial charge in [-0.25, -0.2) is 0 Å². The van der Waals surface area contributed by atoms with E-state index < -0.39 is 0 Å². The molecule has 2 fully saturated rings. The van der Waals surface area contributed by atoms with Crippen molar-refractivity contribution in [1.29, 1.82) is 0 Å². The van der Waals surface area contributed by atoms with Gasteiger partial charge in [0.15, 0.2) is 0 Å². The summed E-state index contributed by atoms with van der Waals surface area (Å²) in [4.78, 5) is 17.3. The van der Waals surface area contributed by atoms with Crippen molar-refractivity contribution in [2.24, 2.45) is 0 Å². The molecule has 0 saturated carbocycles. The van der Waals surface area contributed by atoms with Crippen molar-refractivity contribution in [2.45, 2.75) is 77.4 Å². The fourth-order valence-corrected chi connectivity index (χ4v) is 3.98. The van der Waals surface area contributed by atoms with Crippen molar-refractivity contribution in [3.8, 4) is 0 Å². The van der Waals surface area contributed by atoms with Crippen LogP contribution < -0.4 is 5.32 Å². The summed E-state index contributed by atoms with van der Waals surface area (Å²) in [6, 6.07) is 1.00. The minimum atomic E-state index is 0.0366. The Morgan fingerprint density at radius 2 is 1.76 bits per heavy atom. The smallest absolute Gasteiger partial charge is 0.239 e.